The van der Waals surface area contributed by atoms with Gasteiger partial charge in [-0.2, -0.15) is 0 Å². The molecule has 0 aliphatic heterocycles. The van der Waals surface area contributed by atoms with Gasteiger partial charge in [0, 0.05) is 5.69 Å². The van der Waals surface area contributed by atoms with Crippen molar-refractivity contribution in [3.8, 4) is 0 Å². The maximum absolute atomic E-state index is 12.4. The minimum Gasteiger partial charge on any atom is -0.448 e. The van der Waals surface area contributed by atoms with Crippen LogP contribution in [0.1, 0.15) is 53.9 Å². The lowest BCUT2D eigenvalue weighted by Crippen LogP contribution is -2.30. The number of carbonyl (C=O) groups excluding carboxylic acids is 2. The summed E-state index contributed by atoms with van der Waals surface area (Å²) in [6.07, 6.45) is 0.124. The molecule has 0 fully saturated rings. The molecule has 0 aliphatic rings. The van der Waals surface area contributed by atoms with Gasteiger partial charge in [-0.1, -0.05) is 32.0 Å². The van der Waals surface area contributed by atoms with E-state index in [1.165, 1.54) is 11.3 Å². The van der Waals surface area contributed by atoms with Gasteiger partial charge in [-0.15, -0.1) is 11.3 Å². The zero-order valence-corrected chi connectivity index (χ0v) is 15.3. The maximum atomic E-state index is 12.4. The third-order valence-corrected chi connectivity index (χ3v) is 5.06. The number of hydrogen-bond acceptors (Lipinski definition) is 4. The Hall–Kier alpha value is -2.14. The SMILES string of the molecule is CC[C@@H](C)c1ccccc1NC(=O)[C@H](C)OC(=O)c1sccc1C. The predicted molar refractivity (Wildman–Crippen MR) is 97.7 cm³/mol. The number of thiophene rings is 1. The van der Waals surface area contributed by atoms with Gasteiger partial charge in [0.1, 0.15) is 4.88 Å². The first kappa shape index (κ1) is 18.2. The van der Waals surface area contributed by atoms with E-state index in [0.29, 0.717) is 10.8 Å². The van der Waals surface area contributed by atoms with Gasteiger partial charge in [-0.05, 0) is 54.8 Å². The smallest absolute Gasteiger partial charge is 0.349 e. The number of para-hydroxylation sites is 1. The highest BCUT2D eigenvalue weighted by atomic mass is 32.1. The van der Waals surface area contributed by atoms with Crippen molar-refractivity contribution in [1.82, 2.24) is 0 Å². The molecular weight excluding hydrogens is 322 g/mol. The molecular formula is C19H23NO3S. The Kier molecular flexibility index (Phi) is 6.15. The normalized spacial score (nSPS) is 13.2. The van der Waals surface area contributed by atoms with E-state index in [9.17, 15) is 9.59 Å². The Morgan fingerprint density at radius 2 is 1.92 bits per heavy atom. The lowest BCUT2D eigenvalue weighted by molar-refractivity contribution is -0.123. The average molecular weight is 345 g/mol. The fraction of sp³-hybridized carbons (Fsp3) is 0.368. The van der Waals surface area contributed by atoms with Crippen molar-refractivity contribution in [3.05, 3.63) is 51.7 Å². The standard InChI is InChI=1S/C19H23NO3S/c1-5-12(2)15-8-6-7-9-16(15)20-18(21)14(4)23-19(22)17-13(3)10-11-24-17/h6-12,14H,5H2,1-4H3,(H,20,21)/t12-,14+/m1/s1. The molecule has 0 spiro atoms. The molecule has 0 unspecified atom stereocenters. The molecule has 0 aliphatic carbocycles. The van der Waals surface area contributed by atoms with Gasteiger partial charge in [0.15, 0.2) is 6.10 Å². The second-order valence-corrected chi connectivity index (χ2v) is 6.78. The first-order valence-corrected chi connectivity index (χ1v) is 8.96. The van der Waals surface area contributed by atoms with E-state index < -0.39 is 12.1 Å². The lowest BCUT2D eigenvalue weighted by Gasteiger charge is -2.18. The number of ether oxygens (including phenoxy) is 1. The van der Waals surface area contributed by atoms with Gasteiger partial charge >= 0.3 is 5.97 Å². The highest BCUT2D eigenvalue weighted by Crippen LogP contribution is 2.26. The first-order chi connectivity index (χ1) is 11.4. The second kappa shape index (κ2) is 8.11. The number of rotatable bonds is 6. The number of aryl methyl sites for hydroxylation is 1. The van der Waals surface area contributed by atoms with E-state index in [4.69, 9.17) is 4.74 Å². The topological polar surface area (TPSA) is 55.4 Å². The van der Waals surface area contributed by atoms with E-state index in [-0.39, 0.29) is 5.91 Å². The highest BCUT2D eigenvalue weighted by molar-refractivity contribution is 7.12. The lowest BCUT2D eigenvalue weighted by atomic mass is 9.97. The van der Waals surface area contributed by atoms with Crippen molar-refractivity contribution < 1.29 is 14.3 Å². The van der Waals surface area contributed by atoms with Crippen LogP contribution in [0.15, 0.2) is 35.7 Å². The molecule has 0 bridgehead atoms. The number of carbonyl (C=O) groups is 2. The number of esters is 1. The largest absolute Gasteiger partial charge is 0.448 e. The molecule has 5 heteroatoms. The molecule has 128 valence electrons. The first-order valence-electron chi connectivity index (χ1n) is 8.08. The molecule has 1 aromatic heterocycles. The maximum Gasteiger partial charge on any atom is 0.349 e. The van der Waals surface area contributed by atoms with Crippen LogP contribution in [0.3, 0.4) is 0 Å². The van der Waals surface area contributed by atoms with Gasteiger partial charge in [0.25, 0.3) is 5.91 Å². The van der Waals surface area contributed by atoms with Gasteiger partial charge in [-0.3, -0.25) is 4.79 Å². The summed E-state index contributed by atoms with van der Waals surface area (Å²) in [5.41, 5.74) is 2.72. The summed E-state index contributed by atoms with van der Waals surface area (Å²) < 4.78 is 5.30. The summed E-state index contributed by atoms with van der Waals surface area (Å²) in [6, 6.07) is 9.58. The summed E-state index contributed by atoms with van der Waals surface area (Å²) >= 11 is 1.32. The summed E-state index contributed by atoms with van der Waals surface area (Å²) in [7, 11) is 0. The Balaban J connectivity index is 2.05. The molecule has 0 saturated heterocycles. The van der Waals surface area contributed by atoms with Crippen LogP contribution in [0.5, 0.6) is 0 Å². The zero-order valence-electron chi connectivity index (χ0n) is 14.5. The molecule has 1 N–H and O–H groups in total. The number of nitrogens with one attached hydrogen (secondary N) is 1. The van der Waals surface area contributed by atoms with E-state index in [1.54, 1.807) is 6.92 Å². The van der Waals surface area contributed by atoms with Crippen molar-refractivity contribution >= 4 is 28.9 Å². The Bertz CT molecular complexity index is 723. The van der Waals surface area contributed by atoms with E-state index >= 15 is 0 Å². The summed E-state index contributed by atoms with van der Waals surface area (Å²) in [4.78, 5) is 25.0. The van der Waals surface area contributed by atoms with Crippen molar-refractivity contribution in [1.29, 1.82) is 0 Å². The average Bonchev–Trinajstić information content (AvgIpc) is 3.00. The van der Waals surface area contributed by atoms with Crippen LogP contribution in [0, 0.1) is 6.92 Å². The van der Waals surface area contributed by atoms with E-state index in [0.717, 1.165) is 23.2 Å². The number of benzene rings is 1. The number of anilines is 1. The monoisotopic (exact) mass is 345 g/mol. The van der Waals surface area contributed by atoms with Gasteiger partial charge in [0.2, 0.25) is 0 Å². The molecule has 4 nitrogen and oxygen atoms in total. The van der Waals surface area contributed by atoms with Crippen molar-refractivity contribution in [2.24, 2.45) is 0 Å². The van der Waals surface area contributed by atoms with Crippen LogP contribution in [0.25, 0.3) is 0 Å². The van der Waals surface area contributed by atoms with E-state index in [2.05, 4.69) is 19.2 Å². The molecule has 1 heterocycles. The summed E-state index contributed by atoms with van der Waals surface area (Å²) in [5.74, 6) is -0.443. The third-order valence-electron chi connectivity index (χ3n) is 4.06. The Labute approximate surface area is 146 Å². The third kappa shape index (κ3) is 4.23. The second-order valence-electron chi connectivity index (χ2n) is 5.87. The summed E-state index contributed by atoms with van der Waals surface area (Å²) in [5, 5.41) is 4.71. The fourth-order valence-corrected chi connectivity index (χ4v) is 3.15. The minimum atomic E-state index is -0.857. The predicted octanol–water partition coefficient (Wildman–Crippen LogP) is 4.75. The molecule has 1 aromatic carbocycles. The van der Waals surface area contributed by atoms with E-state index in [1.807, 2.05) is 42.6 Å². The summed E-state index contributed by atoms with van der Waals surface area (Å²) in [6.45, 7) is 7.66. The van der Waals surface area contributed by atoms with Crippen LogP contribution in [0.4, 0.5) is 5.69 Å². The fourth-order valence-electron chi connectivity index (χ4n) is 2.34. The molecule has 0 radical (unpaired) electrons. The van der Waals surface area contributed by atoms with Crippen molar-refractivity contribution in [2.45, 2.75) is 46.1 Å². The quantitative estimate of drug-likeness (QED) is 0.768. The molecule has 2 rings (SSSR count). The van der Waals surface area contributed by atoms with Crippen molar-refractivity contribution in [2.75, 3.05) is 5.32 Å². The van der Waals surface area contributed by atoms with Crippen LogP contribution in [0.2, 0.25) is 0 Å². The van der Waals surface area contributed by atoms with Gasteiger partial charge in [0.05, 0.1) is 0 Å². The van der Waals surface area contributed by atoms with Crippen LogP contribution in [-0.4, -0.2) is 18.0 Å². The highest BCUT2D eigenvalue weighted by Gasteiger charge is 2.22. The Morgan fingerprint density at radius 1 is 1.21 bits per heavy atom. The number of amides is 1. The minimum absolute atomic E-state index is 0.326. The van der Waals surface area contributed by atoms with Gasteiger partial charge < -0.3 is 10.1 Å². The van der Waals surface area contributed by atoms with Crippen LogP contribution < -0.4 is 5.32 Å². The number of hydrogen-bond donors (Lipinski definition) is 1. The van der Waals surface area contributed by atoms with Gasteiger partial charge in [-0.25, -0.2) is 4.79 Å². The molecule has 0 saturated carbocycles. The molecule has 2 atom stereocenters. The van der Waals surface area contributed by atoms with Crippen LogP contribution in [-0.2, 0) is 9.53 Å². The van der Waals surface area contributed by atoms with Crippen molar-refractivity contribution in [3.63, 3.8) is 0 Å². The Morgan fingerprint density at radius 3 is 2.54 bits per heavy atom. The molecule has 24 heavy (non-hydrogen) atoms. The molecule has 1 amide bonds. The molecule has 2 aromatic rings. The zero-order chi connectivity index (χ0) is 17.7. The van der Waals surface area contributed by atoms with Crippen LogP contribution >= 0.6 is 11.3 Å².